The van der Waals surface area contributed by atoms with Crippen molar-refractivity contribution in [2.24, 2.45) is 0 Å². The van der Waals surface area contributed by atoms with E-state index in [1.54, 1.807) is 7.11 Å². The molecule has 104 valence electrons. The summed E-state index contributed by atoms with van der Waals surface area (Å²) in [6.45, 7) is 0.557. The van der Waals surface area contributed by atoms with Gasteiger partial charge in [0.2, 0.25) is 0 Å². The molecule has 0 radical (unpaired) electrons. The van der Waals surface area contributed by atoms with E-state index in [0.29, 0.717) is 13.0 Å². The largest absolute Gasteiger partial charge is 0.487 e. The lowest BCUT2D eigenvalue weighted by atomic mass is 9.77. The molecule has 0 aliphatic heterocycles. The second-order valence-corrected chi connectivity index (χ2v) is 4.97. The molecule has 4 heteroatoms. The summed E-state index contributed by atoms with van der Waals surface area (Å²) in [5, 5.41) is 0. The fraction of sp³-hybridized carbons (Fsp3) is 0.533. The molecule has 0 heterocycles. The Morgan fingerprint density at radius 2 is 2.11 bits per heavy atom. The van der Waals surface area contributed by atoms with E-state index in [-0.39, 0.29) is 11.6 Å². The van der Waals surface area contributed by atoms with Crippen LogP contribution in [-0.2, 0) is 20.9 Å². The average molecular weight is 264 g/mol. The van der Waals surface area contributed by atoms with Crippen LogP contribution in [0.25, 0.3) is 0 Å². The Balaban J connectivity index is 2.05. The molecule has 1 aromatic rings. The van der Waals surface area contributed by atoms with E-state index < -0.39 is 0 Å². The Hall–Kier alpha value is -1.55. The molecule has 0 atom stereocenters. The molecule has 1 aliphatic carbocycles. The molecule has 1 saturated carbocycles. The first-order chi connectivity index (χ1) is 9.17. The van der Waals surface area contributed by atoms with Crippen molar-refractivity contribution in [2.45, 2.75) is 37.9 Å². The first-order valence-corrected chi connectivity index (χ1v) is 6.51. The molecule has 0 N–H and O–H groups in total. The molecule has 4 nitrogen and oxygen atoms in total. The highest BCUT2D eigenvalue weighted by Gasteiger charge is 2.41. The van der Waals surface area contributed by atoms with Gasteiger partial charge in [-0.2, -0.15) is 0 Å². The Morgan fingerprint density at radius 3 is 2.68 bits per heavy atom. The van der Waals surface area contributed by atoms with Crippen molar-refractivity contribution in [3.05, 3.63) is 29.8 Å². The minimum Gasteiger partial charge on any atom is -0.487 e. The zero-order chi connectivity index (χ0) is 13.7. The minimum absolute atomic E-state index is 0.215. The van der Waals surface area contributed by atoms with Crippen LogP contribution in [0.3, 0.4) is 0 Å². The molecule has 19 heavy (non-hydrogen) atoms. The third-order valence-corrected chi connectivity index (χ3v) is 3.50. The van der Waals surface area contributed by atoms with Crippen LogP contribution in [0.5, 0.6) is 5.75 Å². The standard InChI is InChI=1S/C15H20O4/c1-17-11-12-5-3-6-13(9-12)19-15(7-4-8-15)10-14(16)18-2/h3,5-6,9H,4,7-8,10-11H2,1-2H3. The van der Waals surface area contributed by atoms with E-state index in [1.807, 2.05) is 24.3 Å². The number of rotatable bonds is 6. The predicted octanol–water partition coefficient (Wildman–Crippen LogP) is 2.70. The molecular formula is C15H20O4. The third-order valence-electron chi connectivity index (χ3n) is 3.50. The predicted molar refractivity (Wildman–Crippen MR) is 71.0 cm³/mol. The summed E-state index contributed by atoms with van der Waals surface area (Å²) in [5.74, 6) is 0.575. The van der Waals surface area contributed by atoms with Gasteiger partial charge in [-0.05, 0) is 37.0 Å². The van der Waals surface area contributed by atoms with E-state index in [1.165, 1.54) is 7.11 Å². The number of hydrogen-bond acceptors (Lipinski definition) is 4. The topological polar surface area (TPSA) is 44.8 Å². The highest BCUT2D eigenvalue weighted by molar-refractivity contribution is 5.70. The Kier molecular flexibility index (Phi) is 4.43. The number of methoxy groups -OCH3 is 2. The van der Waals surface area contributed by atoms with E-state index in [4.69, 9.17) is 14.2 Å². The van der Waals surface area contributed by atoms with Crippen molar-refractivity contribution in [2.75, 3.05) is 14.2 Å². The summed E-state index contributed by atoms with van der Waals surface area (Å²) in [6.07, 6.45) is 3.21. The Labute approximate surface area is 113 Å². The van der Waals surface area contributed by atoms with E-state index in [2.05, 4.69) is 0 Å². The number of hydrogen-bond donors (Lipinski definition) is 0. The summed E-state index contributed by atoms with van der Waals surface area (Å²) >= 11 is 0. The molecular weight excluding hydrogens is 244 g/mol. The van der Waals surface area contributed by atoms with Gasteiger partial charge < -0.3 is 14.2 Å². The van der Waals surface area contributed by atoms with E-state index in [9.17, 15) is 4.79 Å². The van der Waals surface area contributed by atoms with Gasteiger partial charge in [-0.1, -0.05) is 12.1 Å². The van der Waals surface area contributed by atoms with Crippen LogP contribution >= 0.6 is 0 Å². The molecule has 0 saturated heterocycles. The van der Waals surface area contributed by atoms with Gasteiger partial charge in [-0.25, -0.2) is 0 Å². The van der Waals surface area contributed by atoms with E-state index in [0.717, 1.165) is 30.6 Å². The zero-order valence-corrected chi connectivity index (χ0v) is 11.5. The van der Waals surface area contributed by atoms with Crippen LogP contribution in [0.2, 0.25) is 0 Å². The van der Waals surface area contributed by atoms with Crippen molar-refractivity contribution in [1.29, 1.82) is 0 Å². The fourth-order valence-electron chi connectivity index (χ4n) is 2.34. The van der Waals surface area contributed by atoms with Gasteiger partial charge in [0.15, 0.2) is 0 Å². The number of benzene rings is 1. The summed E-state index contributed by atoms with van der Waals surface area (Å²) in [5.41, 5.74) is 0.686. The van der Waals surface area contributed by atoms with Crippen molar-refractivity contribution in [1.82, 2.24) is 0 Å². The van der Waals surface area contributed by atoms with Crippen molar-refractivity contribution < 1.29 is 19.0 Å². The molecule has 1 fully saturated rings. The molecule has 0 bridgehead atoms. The number of carbonyl (C=O) groups is 1. The summed E-state index contributed by atoms with van der Waals surface area (Å²) < 4.78 is 15.9. The fourth-order valence-corrected chi connectivity index (χ4v) is 2.34. The van der Waals surface area contributed by atoms with Crippen LogP contribution in [0.4, 0.5) is 0 Å². The van der Waals surface area contributed by atoms with Gasteiger partial charge in [0, 0.05) is 7.11 Å². The monoisotopic (exact) mass is 264 g/mol. The molecule has 2 rings (SSSR count). The number of carbonyl (C=O) groups excluding carboxylic acids is 1. The van der Waals surface area contributed by atoms with Gasteiger partial charge in [-0.3, -0.25) is 4.79 Å². The van der Waals surface area contributed by atoms with Gasteiger partial charge in [0.05, 0.1) is 20.1 Å². The Bertz CT molecular complexity index is 438. The van der Waals surface area contributed by atoms with Crippen molar-refractivity contribution in [3.8, 4) is 5.75 Å². The second kappa shape index (κ2) is 6.06. The summed E-state index contributed by atoms with van der Waals surface area (Å²) in [4.78, 5) is 11.5. The van der Waals surface area contributed by atoms with Gasteiger partial charge in [0.25, 0.3) is 0 Å². The highest BCUT2D eigenvalue weighted by atomic mass is 16.5. The lowest BCUT2D eigenvalue weighted by molar-refractivity contribution is -0.148. The minimum atomic E-state index is -0.376. The summed E-state index contributed by atoms with van der Waals surface area (Å²) in [7, 11) is 3.08. The maximum absolute atomic E-state index is 11.5. The van der Waals surface area contributed by atoms with Crippen LogP contribution in [0, 0.1) is 0 Å². The van der Waals surface area contributed by atoms with Crippen molar-refractivity contribution in [3.63, 3.8) is 0 Å². The first kappa shape index (κ1) is 13.9. The van der Waals surface area contributed by atoms with E-state index >= 15 is 0 Å². The second-order valence-electron chi connectivity index (χ2n) is 4.97. The normalized spacial score (nSPS) is 16.5. The first-order valence-electron chi connectivity index (χ1n) is 6.51. The van der Waals surface area contributed by atoms with Crippen LogP contribution in [-0.4, -0.2) is 25.8 Å². The van der Waals surface area contributed by atoms with Gasteiger partial charge >= 0.3 is 5.97 Å². The average Bonchev–Trinajstić information content (AvgIpc) is 2.37. The molecule has 1 aromatic carbocycles. The third kappa shape index (κ3) is 3.47. The quantitative estimate of drug-likeness (QED) is 0.741. The smallest absolute Gasteiger partial charge is 0.309 e. The molecule has 0 spiro atoms. The van der Waals surface area contributed by atoms with Gasteiger partial charge in [-0.15, -0.1) is 0 Å². The maximum Gasteiger partial charge on any atom is 0.309 e. The van der Waals surface area contributed by atoms with Crippen LogP contribution in [0.15, 0.2) is 24.3 Å². The van der Waals surface area contributed by atoms with Crippen molar-refractivity contribution >= 4 is 5.97 Å². The zero-order valence-electron chi connectivity index (χ0n) is 11.5. The number of esters is 1. The maximum atomic E-state index is 11.5. The Morgan fingerprint density at radius 1 is 1.32 bits per heavy atom. The van der Waals surface area contributed by atoms with Crippen LogP contribution in [0.1, 0.15) is 31.2 Å². The lowest BCUT2D eigenvalue weighted by Gasteiger charge is -2.41. The molecule has 0 amide bonds. The molecule has 0 aromatic heterocycles. The highest BCUT2D eigenvalue weighted by Crippen LogP contribution is 2.39. The lowest BCUT2D eigenvalue weighted by Crippen LogP contribution is -2.45. The molecule has 0 unspecified atom stereocenters. The number of ether oxygens (including phenoxy) is 3. The summed E-state index contributed by atoms with van der Waals surface area (Å²) in [6, 6.07) is 7.80. The molecule has 1 aliphatic rings. The van der Waals surface area contributed by atoms with Crippen LogP contribution < -0.4 is 4.74 Å². The SMILES string of the molecule is COCc1cccc(OC2(CC(=O)OC)CCC2)c1. The van der Waals surface area contributed by atoms with Gasteiger partial charge in [0.1, 0.15) is 11.4 Å².